The summed E-state index contributed by atoms with van der Waals surface area (Å²) in [6.07, 6.45) is 0.804. The van der Waals surface area contributed by atoms with E-state index in [1.165, 1.54) is 34.5 Å². The van der Waals surface area contributed by atoms with Gasteiger partial charge >= 0.3 is 5.97 Å². The van der Waals surface area contributed by atoms with E-state index >= 15 is 0 Å². The van der Waals surface area contributed by atoms with Gasteiger partial charge in [-0.25, -0.2) is 4.79 Å². The molecule has 0 spiro atoms. The van der Waals surface area contributed by atoms with E-state index in [1.807, 2.05) is 12.1 Å². The van der Waals surface area contributed by atoms with Crippen LogP contribution in [-0.4, -0.2) is 43.3 Å². The number of benzene rings is 3. The first-order chi connectivity index (χ1) is 16.6. The minimum Gasteiger partial charge on any atom is -0.492 e. The van der Waals surface area contributed by atoms with Crippen LogP contribution in [0.4, 0.5) is 0 Å². The number of ether oxygens (including phenoxy) is 4. The Kier molecular flexibility index (Phi) is 6.26. The number of hydrogen-bond acceptors (Lipinski definition) is 5. The predicted molar refractivity (Wildman–Crippen MR) is 131 cm³/mol. The van der Waals surface area contributed by atoms with E-state index in [4.69, 9.17) is 18.9 Å². The monoisotopic (exact) mass is 459 g/mol. The lowest BCUT2D eigenvalue weighted by atomic mass is 9.99. The molecular formula is C28H29NO5. The van der Waals surface area contributed by atoms with Gasteiger partial charge in [0.15, 0.2) is 0 Å². The molecule has 3 aromatic carbocycles. The first kappa shape index (κ1) is 22.4. The quantitative estimate of drug-likeness (QED) is 0.365. The molecule has 176 valence electrons. The number of esters is 1. The summed E-state index contributed by atoms with van der Waals surface area (Å²) in [7, 11) is 1.33. The SMILES string of the molecule is COC(=O)[C@]1(C)OC[C@H](Cc2ccc(OCCn3c4ccccc4c4ccccc43)cc2)CO1. The second-order valence-electron chi connectivity index (χ2n) is 8.81. The normalized spacial score (nSPS) is 20.5. The smallest absolute Gasteiger partial charge is 0.366 e. The van der Waals surface area contributed by atoms with Crippen LogP contribution < -0.4 is 4.74 Å². The maximum Gasteiger partial charge on any atom is 0.366 e. The third-order valence-electron chi connectivity index (χ3n) is 6.46. The second-order valence-corrected chi connectivity index (χ2v) is 8.81. The summed E-state index contributed by atoms with van der Waals surface area (Å²) in [5.41, 5.74) is 3.62. The zero-order chi connectivity index (χ0) is 23.5. The lowest BCUT2D eigenvalue weighted by molar-refractivity contribution is -0.272. The van der Waals surface area contributed by atoms with Crippen molar-refractivity contribution in [2.45, 2.75) is 25.7 Å². The Hall–Kier alpha value is -3.35. The van der Waals surface area contributed by atoms with Crippen molar-refractivity contribution >= 4 is 27.8 Å². The standard InChI is InChI=1S/C28H29NO5/c1-28(27(30)31-2)33-18-21(19-34-28)17-20-11-13-22(14-12-20)32-16-15-29-25-9-5-3-7-23(25)24-8-4-6-10-26(24)29/h3-14,21H,15-19H2,1-2H3/t21-,28+. The van der Waals surface area contributed by atoms with Gasteiger partial charge in [-0.1, -0.05) is 48.5 Å². The maximum atomic E-state index is 11.8. The van der Waals surface area contributed by atoms with Crippen LogP contribution in [0.3, 0.4) is 0 Å². The highest BCUT2D eigenvalue weighted by molar-refractivity contribution is 6.07. The van der Waals surface area contributed by atoms with Crippen LogP contribution in [-0.2, 0) is 32.0 Å². The van der Waals surface area contributed by atoms with E-state index in [1.54, 1.807) is 6.92 Å². The Morgan fingerprint density at radius 2 is 1.53 bits per heavy atom. The highest BCUT2D eigenvalue weighted by atomic mass is 16.7. The lowest BCUT2D eigenvalue weighted by Crippen LogP contribution is -2.48. The summed E-state index contributed by atoms with van der Waals surface area (Å²) in [6, 6.07) is 25.2. The molecule has 1 aromatic heterocycles. The summed E-state index contributed by atoms with van der Waals surface area (Å²) in [6.45, 7) is 3.84. The van der Waals surface area contributed by atoms with Gasteiger partial charge in [0, 0.05) is 34.6 Å². The highest BCUT2D eigenvalue weighted by Gasteiger charge is 2.41. The number of hydrogen-bond donors (Lipinski definition) is 0. The molecule has 0 saturated carbocycles. The Morgan fingerprint density at radius 3 is 2.12 bits per heavy atom. The molecule has 6 nitrogen and oxygen atoms in total. The molecule has 1 aliphatic heterocycles. The van der Waals surface area contributed by atoms with Gasteiger partial charge in [0.2, 0.25) is 0 Å². The lowest BCUT2D eigenvalue weighted by Gasteiger charge is -2.35. The number of para-hydroxylation sites is 2. The first-order valence-electron chi connectivity index (χ1n) is 11.6. The Labute approximate surface area is 199 Å². The molecule has 2 heterocycles. The van der Waals surface area contributed by atoms with Crippen LogP contribution in [0, 0.1) is 5.92 Å². The zero-order valence-electron chi connectivity index (χ0n) is 19.5. The molecule has 0 unspecified atom stereocenters. The fourth-order valence-electron chi connectivity index (χ4n) is 4.62. The molecule has 34 heavy (non-hydrogen) atoms. The molecule has 0 atom stereocenters. The Bertz CT molecular complexity index is 1230. The highest BCUT2D eigenvalue weighted by Crippen LogP contribution is 2.29. The average molecular weight is 460 g/mol. The molecule has 4 aromatic rings. The van der Waals surface area contributed by atoms with Crippen molar-refractivity contribution in [3.05, 3.63) is 78.4 Å². The number of methoxy groups -OCH3 is 1. The van der Waals surface area contributed by atoms with Gasteiger partial charge in [0.1, 0.15) is 12.4 Å². The van der Waals surface area contributed by atoms with Gasteiger partial charge < -0.3 is 23.5 Å². The van der Waals surface area contributed by atoms with Crippen molar-refractivity contribution in [1.29, 1.82) is 0 Å². The van der Waals surface area contributed by atoms with Crippen molar-refractivity contribution in [3.63, 3.8) is 0 Å². The molecule has 0 amide bonds. The topological polar surface area (TPSA) is 58.9 Å². The summed E-state index contributed by atoms with van der Waals surface area (Å²) < 4.78 is 24.4. The molecule has 0 N–H and O–H groups in total. The minimum atomic E-state index is -1.31. The molecular weight excluding hydrogens is 430 g/mol. The van der Waals surface area contributed by atoms with E-state index in [2.05, 4.69) is 65.2 Å². The summed E-state index contributed by atoms with van der Waals surface area (Å²) in [5, 5.41) is 2.54. The van der Waals surface area contributed by atoms with Crippen molar-refractivity contribution in [2.75, 3.05) is 26.9 Å². The van der Waals surface area contributed by atoms with E-state index in [0.29, 0.717) is 19.8 Å². The number of carbonyl (C=O) groups excluding carboxylic acids is 1. The van der Waals surface area contributed by atoms with Crippen LogP contribution >= 0.6 is 0 Å². The van der Waals surface area contributed by atoms with Gasteiger partial charge in [0.25, 0.3) is 5.79 Å². The summed E-state index contributed by atoms with van der Waals surface area (Å²) in [4.78, 5) is 11.8. The number of carbonyl (C=O) groups is 1. The fourth-order valence-corrected chi connectivity index (χ4v) is 4.62. The molecule has 1 aliphatic rings. The third-order valence-corrected chi connectivity index (χ3v) is 6.46. The van der Waals surface area contributed by atoms with E-state index in [9.17, 15) is 4.79 Å². The molecule has 6 heteroatoms. The van der Waals surface area contributed by atoms with Crippen LogP contribution in [0.5, 0.6) is 5.75 Å². The van der Waals surface area contributed by atoms with Crippen molar-refractivity contribution in [1.82, 2.24) is 4.57 Å². The molecule has 5 rings (SSSR count). The number of aromatic nitrogens is 1. The zero-order valence-corrected chi connectivity index (χ0v) is 19.5. The molecule has 1 saturated heterocycles. The largest absolute Gasteiger partial charge is 0.492 e. The van der Waals surface area contributed by atoms with Crippen molar-refractivity contribution < 1.29 is 23.7 Å². The Morgan fingerprint density at radius 1 is 0.941 bits per heavy atom. The van der Waals surface area contributed by atoms with Crippen LogP contribution in [0.15, 0.2) is 72.8 Å². The molecule has 0 radical (unpaired) electrons. The van der Waals surface area contributed by atoms with E-state index < -0.39 is 11.8 Å². The summed E-state index contributed by atoms with van der Waals surface area (Å²) >= 11 is 0. The van der Waals surface area contributed by atoms with Crippen molar-refractivity contribution in [3.8, 4) is 5.75 Å². The van der Waals surface area contributed by atoms with Gasteiger partial charge in [-0.2, -0.15) is 0 Å². The number of rotatable bonds is 7. The third kappa shape index (κ3) is 4.39. The van der Waals surface area contributed by atoms with Crippen LogP contribution in [0.1, 0.15) is 12.5 Å². The second kappa shape index (κ2) is 9.49. The predicted octanol–water partition coefficient (Wildman–Crippen LogP) is 4.97. The van der Waals surface area contributed by atoms with Crippen LogP contribution in [0.25, 0.3) is 21.8 Å². The Balaban J connectivity index is 1.17. The summed E-state index contributed by atoms with van der Waals surface area (Å²) in [5.74, 6) is -0.786. The first-order valence-corrected chi connectivity index (χ1v) is 11.6. The van der Waals surface area contributed by atoms with Crippen molar-refractivity contribution in [2.24, 2.45) is 5.92 Å². The molecule has 0 bridgehead atoms. The van der Waals surface area contributed by atoms with Gasteiger partial charge in [0.05, 0.1) is 26.9 Å². The average Bonchev–Trinajstić information content (AvgIpc) is 3.20. The van der Waals surface area contributed by atoms with Gasteiger partial charge in [-0.15, -0.1) is 0 Å². The van der Waals surface area contributed by atoms with Gasteiger partial charge in [-0.3, -0.25) is 0 Å². The fraction of sp³-hybridized carbons (Fsp3) is 0.321. The van der Waals surface area contributed by atoms with E-state index in [-0.39, 0.29) is 5.92 Å². The van der Waals surface area contributed by atoms with E-state index in [0.717, 1.165) is 18.7 Å². The number of nitrogens with zero attached hydrogens (tertiary/aromatic N) is 1. The maximum absolute atomic E-state index is 11.8. The minimum absolute atomic E-state index is 0.180. The molecule has 1 fully saturated rings. The number of fused-ring (bicyclic) bond motifs is 3. The molecule has 0 aliphatic carbocycles. The van der Waals surface area contributed by atoms with Crippen LogP contribution in [0.2, 0.25) is 0 Å². The van der Waals surface area contributed by atoms with Gasteiger partial charge in [-0.05, 0) is 36.2 Å².